The predicted molar refractivity (Wildman–Crippen MR) is 115 cm³/mol. The lowest BCUT2D eigenvalue weighted by atomic mass is 10.1. The van der Waals surface area contributed by atoms with Crippen molar-refractivity contribution < 1.29 is 9.53 Å². The molecular weight excluding hydrogens is 350 g/mol. The van der Waals surface area contributed by atoms with Crippen molar-refractivity contribution in [2.45, 2.75) is 32.9 Å². The molecule has 5 nitrogen and oxygen atoms in total. The second-order valence-corrected chi connectivity index (χ2v) is 7.40. The van der Waals surface area contributed by atoms with E-state index in [-0.39, 0.29) is 11.9 Å². The number of anilines is 2. The molecule has 0 radical (unpaired) electrons. The first-order valence-electron chi connectivity index (χ1n) is 10.1. The van der Waals surface area contributed by atoms with Crippen molar-refractivity contribution in [1.82, 2.24) is 4.90 Å². The zero-order valence-electron chi connectivity index (χ0n) is 17.1. The fourth-order valence-electron chi connectivity index (χ4n) is 3.33. The molecule has 1 atom stereocenters. The van der Waals surface area contributed by atoms with E-state index in [2.05, 4.69) is 58.4 Å². The highest BCUT2D eigenvalue weighted by Crippen LogP contribution is 2.19. The number of ether oxygens (including phenoxy) is 1. The van der Waals surface area contributed by atoms with Crippen LogP contribution in [0.3, 0.4) is 0 Å². The molecule has 0 bridgehead atoms. The van der Waals surface area contributed by atoms with Crippen molar-refractivity contribution in [2.24, 2.45) is 0 Å². The maximum Gasteiger partial charge on any atom is 0.241 e. The van der Waals surface area contributed by atoms with Crippen molar-refractivity contribution in [1.29, 1.82) is 0 Å². The van der Waals surface area contributed by atoms with E-state index >= 15 is 0 Å². The second-order valence-electron chi connectivity index (χ2n) is 7.40. The Morgan fingerprint density at radius 1 is 1.07 bits per heavy atom. The molecule has 1 N–H and O–H groups in total. The molecule has 0 aromatic heterocycles. The fraction of sp³-hybridized carbons (Fsp3) is 0.435. The number of aryl methyl sites for hydroxylation is 1. The summed E-state index contributed by atoms with van der Waals surface area (Å²) >= 11 is 0. The molecule has 28 heavy (non-hydrogen) atoms. The number of carbonyl (C=O) groups excluding carboxylic acids is 1. The second kappa shape index (κ2) is 9.71. The van der Waals surface area contributed by atoms with Crippen LogP contribution in [0.4, 0.5) is 11.4 Å². The number of rotatable bonds is 7. The lowest BCUT2D eigenvalue weighted by Crippen LogP contribution is -2.39. The Bertz CT molecular complexity index is 752. The van der Waals surface area contributed by atoms with Gasteiger partial charge >= 0.3 is 0 Å². The van der Waals surface area contributed by atoms with Crippen LogP contribution in [0, 0.1) is 0 Å². The summed E-state index contributed by atoms with van der Waals surface area (Å²) < 4.78 is 5.40. The van der Waals surface area contributed by atoms with E-state index in [9.17, 15) is 4.79 Å². The Hall–Kier alpha value is -2.37. The van der Waals surface area contributed by atoms with Gasteiger partial charge in [0.05, 0.1) is 19.3 Å². The van der Waals surface area contributed by atoms with Crippen LogP contribution < -0.4 is 10.2 Å². The van der Waals surface area contributed by atoms with Gasteiger partial charge in [0.2, 0.25) is 5.91 Å². The largest absolute Gasteiger partial charge is 0.378 e. The van der Waals surface area contributed by atoms with E-state index in [0.717, 1.165) is 45.0 Å². The van der Waals surface area contributed by atoms with Crippen LogP contribution in [0.1, 0.15) is 25.0 Å². The summed E-state index contributed by atoms with van der Waals surface area (Å²) in [5, 5.41) is 3.03. The fourth-order valence-corrected chi connectivity index (χ4v) is 3.33. The standard InChI is InChI=1S/C23H31N3O2/c1-4-19-5-7-20(8-6-19)17-25(3)18(2)23(27)24-21-9-11-22(12-10-21)26-13-15-28-16-14-26/h5-12,18H,4,13-17H2,1-3H3,(H,24,27)/t18-/m1/s1. The first kappa shape index (κ1) is 20.4. The molecule has 0 unspecified atom stereocenters. The van der Waals surface area contributed by atoms with Gasteiger partial charge < -0.3 is 15.0 Å². The van der Waals surface area contributed by atoms with Gasteiger partial charge in [0.1, 0.15) is 0 Å². The van der Waals surface area contributed by atoms with Crippen molar-refractivity contribution >= 4 is 17.3 Å². The Morgan fingerprint density at radius 3 is 2.29 bits per heavy atom. The van der Waals surface area contributed by atoms with E-state index in [0.29, 0.717) is 0 Å². The third-order valence-electron chi connectivity index (χ3n) is 5.41. The van der Waals surface area contributed by atoms with Gasteiger partial charge in [0.15, 0.2) is 0 Å². The van der Waals surface area contributed by atoms with Gasteiger partial charge in [-0.15, -0.1) is 0 Å². The molecule has 1 aliphatic heterocycles. The first-order chi connectivity index (χ1) is 13.6. The molecule has 5 heteroatoms. The van der Waals surface area contributed by atoms with Crippen LogP contribution in [0.5, 0.6) is 0 Å². The zero-order valence-corrected chi connectivity index (χ0v) is 17.1. The molecule has 1 saturated heterocycles. The summed E-state index contributed by atoms with van der Waals surface area (Å²) in [7, 11) is 1.99. The number of nitrogens with one attached hydrogen (secondary N) is 1. The van der Waals surface area contributed by atoms with Crippen molar-refractivity contribution in [3.63, 3.8) is 0 Å². The molecule has 1 aliphatic rings. The summed E-state index contributed by atoms with van der Waals surface area (Å²) in [6.07, 6.45) is 1.04. The molecule has 0 saturated carbocycles. The Morgan fingerprint density at radius 2 is 1.68 bits per heavy atom. The highest BCUT2D eigenvalue weighted by atomic mass is 16.5. The van der Waals surface area contributed by atoms with Gasteiger partial charge in [-0.3, -0.25) is 9.69 Å². The molecule has 0 aliphatic carbocycles. The Balaban J connectivity index is 1.53. The average molecular weight is 382 g/mol. The number of morpholine rings is 1. The molecule has 1 amide bonds. The zero-order chi connectivity index (χ0) is 19.9. The lowest BCUT2D eigenvalue weighted by molar-refractivity contribution is -0.120. The highest BCUT2D eigenvalue weighted by molar-refractivity contribution is 5.94. The molecule has 1 fully saturated rings. The van der Waals surface area contributed by atoms with E-state index in [1.807, 2.05) is 26.1 Å². The van der Waals surface area contributed by atoms with Crippen molar-refractivity contribution in [2.75, 3.05) is 43.6 Å². The molecule has 3 rings (SSSR count). The Labute approximate surface area is 168 Å². The van der Waals surface area contributed by atoms with Gasteiger partial charge in [-0.2, -0.15) is 0 Å². The molecule has 2 aromatic carbocycles. The number of hydrogen-bond donors (Lipinski definition) is 1. The SMILES string of the molecule is CCc1ccc(CN(C)[C@H](C)C(=O)Nc2ccc(N3CCOCC3)cc2)cc1. The van der Waals surface area contributed by atoms with Gasteiger partial charge in [0, 0.05) is 31.0 Å². The van der Waals surface area contributed by atoms with Gasteiger partial charge in [-0.05, 0) is 55.8 Å². The van der Waals surface area contributed by atoms with Gasteiger partial charge in [-0.25, -0.2) is 0 Å². The summed E-state index contributed by atoms with van der Waals surface area (Å²) in [5.41, 5.74) is 4.54. The van der Waals surface area contributed by atoms with Crippen LogP contribution in [0.25, 0.3) is 0 Å². The van der Waals surface area contributed by atoms with E-state index in [1.165, 1.54) is 16.8 Å². The van der Waals surface area contributed by atoms with E-state index in [4.69, 9.17) is 4.74 Å². The van der Waals surface area contributed by atoms with Crippen LogP contribution >= 0.6 is 0 Å². The summed E-state index contributed by atoms with van der Waals surface area (Å²) in [4.78, 5) is 17.0. The highest BCUT2D eigenvalue weighted by Gasteiger charge is 2.18. The van der Waals surface area contributed by atoms with Crippen LogP contribution in [0.2, 0.25) is 0 Å². The number of carbonyl (C=O) groups is 1. The molecule has 1 heterocycles. The third-order valence-corrected chi connectivity index (χ3v) is 5.41. The third kappa shape index (κ3) is 5.33. The minimum absolute atomic E-state index is 0.00630. The van der Waals surface area contributed by atoms with Gasteiger partial charge in [-0.1, -0.05) is 31.2 Å². The predicted octanol–water partition coefficient (Wildman–Crippen LogP) is 3.54. The van der Waals surface area contributed by atoms with E-state index in [1.54, 1.807) is 0 Å². The van der Waals surface area contributed by atoms with Crippen LogP contribution in [0.15, 0.2) is 48.5 Å². The minimum atomic E-state index is -0.218. The monoisotopic (exact) mass is 381 g/mol. The lowest BCUT2D eigenvalue weighted by Gasteiger charge is -2.29. The quantitative estimate of drug-likeness (QED) is 0.797. The van der Waals surface area contributed by atoms with Crippen molar-refractivity contribution in [3.8, 4) is 0 Å². The van der Waals surface area contributed by atoms with Gasteiger partial charge in [0.25, 0.3) is 0 Å². The number of likely N-dealkylation sites (N-methyl/N-ethyl adjacent to an activating group) is 1. The first-order valence-corrected chi connectivity index (χ1v) is 10.1. The molecular formula is C23H31N3O2. The Kier molecular flexibility index (Phi) is 7.06. The van der Waals surface area contributed by atoms with Crippen molar-refractivity contribution in [3.05, 3.63) is 59.7 Å². The number of hydrogen-bond acceptors (Lipinski definition) is 4. The topological polar surface area (TPSA) is 44.8 Å². The average Bonchev–Trinajstić information content (AvgIpc) is 2.74. The minimum Gasteiger partial charge on any atom is -0.378 e. The maximum absolute atomic E-state index is 12.7. The normalized spacial score (nSPS) is 15.5. The number of amides is 1. The van der Waals surface area contributed by atoms with Crippen LogP contribution in [-0.2, 0) is 22.5 Å². The molecule has 2 aromatic rings. The smallest absolute Gasteiger partial charge is 0.241 e. The summed E-state index contributed by atoms with van der Waals surface area (Å²) in [6, 6.07) is 16.4. The maximum atomic E-state index is 12.7. The summed E-state index contributed by atoms with van der Waals surface area (Å²) in [5.74, 6) is 0.00630. The number of nitrogens with zero attached hydrogens (tertiary/aromatic N) is 2. The molecule has 0 spiro atoms. The number of benzene rings is 2. The van der Waals surface area contributed by atoms with E-state index < -0.39 is 0 Å². The van der Waals surface area contributed by atoms with Crippen LogP contribution in [-0.4, -0.2) is 50.2 Å². The molecule has 150 valence electrons. The summed E-state index contributed by atoms with van der Waals surface area (Å²) in [6.45, 7) is 8.19.